The van der Waals surface area contributed by atoms with Crippen molar-refractivity contribution in [3.63, 3.8) is 0 Å². The number of allylic oxidation sites excluding steroid dienone is 4. The number of fused-ring (bicyclic) bond motifs is 5. The van der Waals surface area contributed by atoms with Crippen LogP contribution in [0.3, 0.4) is 0 Å². The molecule has 4 aliphatic rings. The number of halogens is 4. The zero-order valence-electron chi connectivity index (χ0n) is 20.1. The van der Waals surface area contributed by atoms with Crippen molar-refractivity contribution in [2.75, 3.05) is 6.01 Å². The van der Waals surface area contributed by atoms with Gasteiger partial charge in [0.1, 0.15) is 12.2 Å². The maximum atomic E-state index is 17.6. The van der Waals surface area contributed by atoms with Gasteiger partial charge >= 0.3 is 5.97 Å². The molecule has 5 nitrogen and oxygen atoms in total. The first-order chi connectivity index (χ1) is 16.2. The van der Waals surface area contributed by atoms with Gasteiger partial charge in [0, 0.05) is 29.6 Å². The third-order valence-corrected chi connectivity index (χ3v) is 11.9. The van der Waals surface area contributed by atoms with Gasteiger partial charge in [-0.15, -0.1) is 0 Å². The Kier molecular flexibility index (Phi) is 6.66. The van der Waals surface area contributed by atoms with Gasteiger partial charge in [0.2, 0.25) is 5.12 Å². The predicted octanol–water partition coefficient (Wildman–Crippen LogP) is 4.99. The number of hydrogen-bond acceptors (Lipinski definition) is 6. The first kappa shape index (κ1) is 27.2. The van der Waals surface area contributed by atoms with E-state index in [-0.39, 0.29) is 31.3 Å². The number of thioether (sulfide) groups is 1. The highest BCUT2D eigenvalue weighted by molar-refractivity contribution is 14.1. The van der Waals surface area contributed by atoms with E-state index >= 15 is 8.78 Å². The van der Waals surface area contributed by atoms with Crippen molar-refractivity contribution in [2.24, 2.45) is 22.7 Å². The maximum absolute atomic E-state index is 17.6. The first-order valence-corrected chi connectivity index (χ1v) is 13.9. The average molecular weight is 626 g/mol. The molecule has 3 saturated carbocycles. The highest BCUT2D eigenvalue weighted by Gasteiger charge is 2.82. The molecule has 0 aliphatic heterocycles. The van der Waals surface area contributed by atoms with E-state index in [0.29, 0.717) is 11.8 Å². The summed E-state index contributed by atoms with van der Waals surface area (Å²) >= 11 is 2.30. The Morgan fingerprint density at radius 1 is 1.31 bits per heavy atom. The summed E-state index contributed by atoms with van der Waals surface area (Å²) in [4.78, 5) is 38.0. The van der Waals surface area contributed by atoms with E-state index in [1.165, 1.54) is 19.1 Å². The number of carbonyl (C=O) groups excluding carboxylic acids is 3. The van der Waals surface area contributed by atoms with Crippen LogP contribution in [0.2, 0.25) is 0 Å². The summed E-state index contributed by atoms with van der Waals surface area (Å²) in [6.45, 7) is 6.45. The second-order valence-electron chi connectivity index (χ2n) is 10.7. The van der Waals surface area contributed by atoms with Gasteiger partial charge in [-0.3, -0.25) is 14.4 Å². The molecule has 3 fully saturated rings. The minimum atomic E-state index is -2.38. The summed E-state index contributed by atoms with van der Waals surface area (Å²) < 4.78 is 51.0. The third-order valence-electron chi connectivity index (χ3n) is 9.23. The molecule has 0 aromatic heterocycles. The lowest BCUT2D eigenvalue weighted by atomic mass is 9.44. The molecule has 194 valence electrons. The molecule has 0 bridgehead atoms. The number of rotatable bonds is 4. The number of hydrogen-bond donors (Lipinski definition) is 1. The molecule has 0 heterocycles. The standard InChI is InChI=1S/C25H30F3IO5S/c1-5-19(32)34-24(20(33)35-12-26)13(2)8-17-22(24,4)11-18(31)25(28)21(3)7-6-14(30)9-15(21)16(27)10-23(17,25)29/h6-7,9,13,16-18,31H,5,8,10-12H2,1-4H3/t13-,16+,17-,18+,21+,22+,23-,24+,25+/m1/s1. The molecular weight excluding hydrogens is 596 g/mol. The third kappa shape index (κ3) is 3.20. The van der Waals surface area contributed by atoms with Crippen molar-refractivity contribution in [1.29, 1.82) is 0 Å². The number of aliphatic hydroxyl groups excluding tert-OH is 1. The van der Waals surface area contributed by atoms with Gasteiger partial charge < -0.3 is 9.84 Å². The van der Waals surface area contributed by atoms with Crippen LogP contribution in [-0.4, -0.2) is 54.9 Å². The number of aliphatic hydroxyl groups is 1. The van der Waals surface area contributed by atoms with Crippen LogP contribution in [0.4, 0.5) is 13.2 Å². The molecule has 0 aromatic carbocycles. The Labute approximate surface area is 220 Å². The van der Waals surface area contributed by atoms with E-state index in [1.807, 2.05) is 22.6 Å². The summed E-state index contributed by atoms with van der Waals surface area (Å²) in [6.07, 6.45) is -0.0250. The molecule has 0 saturated heterocycles. The molecule has 9 atom stereocenters. The van der Waals surface area contributed by atoms with E-state index in [1.54, 1.807) is 20.8 Å². The Hall–Kier alpha value is -0.880. The van der Waals surface area contributed by atoms with Crippen molar-refractivity contribution in [1.82, 2.24) is 0 Å². The van der Waals surface area contributed by atoms with Crippen LogP contribution in [0.25, 0.3) is 0 Å². The van der Waals surface area contributed by atoms with E-state index < -0.39 is 72.5 Å². The zero-order chi connectivity index (χ0) is 26.2. The van der Waals surface area contributed by atoms with Crippen LogP contribution in [0.5, 0.6) is 0 Å². The number of ether oxygens (including phenoxy) is 1. The van der Waals surface area contributed by atoms with Crippen molar-refractivity contribution in [2.45, 2.75) is 80.3 Å². The zero-order valence-corrected chi connectivity index (χ0v) is 23.1. The fraction of sp³-hybridized carbons (Fsp3) is 0.720. The lowest BCUT2D eigenvalue weighted by Crippen LogP contribution is -2.76. The number of carbonyl (C=O) groups is 3. The fourth-order valence-electron chi connectivity index (χ4n) is 7.64. The molecule has 0 aromatic rings. The highest BCUT2D eigenvalue weighted by Crippen LogP contribution is 2.75. The summed E-state index contributed by atoms with van der Waals surface area (Å²) in [5.74, 6) is -2.39. The van der Waals surface area contributed by atoms with Gasteiger partial charge in [-0.05, 0) is 55.2 Å². The first-order valence-electron chi connectivity index (χ1n) is 11.8. The van der Waals surface area contributed by atoms with Gasteiger partial charge in [-0.25, -0.2) is 13.2 Å². The van der Waals surface area contributed by atoms with E-state index in [9.17, 15) is 23.9 Å². The molecule has 10 heteroatoms. The van der Waals surface area contributed by atoms with E-state index in [2.05, 4.69) is 0 Å². The second-order valence-corrected chi connectivity index (χ2v) is 13.5. The van der Waals surface area contributed by atoms with Crippen molar-refractivity contribution in [3.8, 4) is 0 Å². The maximum Gasteiger partial charge on any atom is 0.306 e. The van der Waals surface area contributed by atoms with Crippen molar-refractivity contribution >= 4 is 51.2 Å². The topological polar surface area (TPSA) is 80.7 Å². The minimum absolute atomic E-state index is 0.00113. The van der Waals surface area contributed by atoms with Gasteiger partial charge in [-0.1, -0.05) is 49.4 Å². The van der Waals surface area contributed by atoms with Crippen LogP contribution >= 0.6 is 34.4 Å². The molecular formula is C25H30F3IO5S. The van der Waals surface area contributed by atoms with Crippen molar-refractivity contribution in [3.05, 3.63) is 23.8 Å². The molecule has 35 heavy (non-hydrogen) atoms. The average Bonchev–Trinajstić information content (AvgIpc) is 3.01. The summed E-state index contributed by atoms with van der Waals surface area (Å²) in [7, 11) is 0. The quantitative estimate of drug-likeness (QED) is 0.269. The summed E-state index contributed by atoms with van der Waals surface area (Å²) in [5.41, 5.74) is -7.05. The van der Waals surface area contributed by atoms with Gasteiger partial charge in [0.05, 0.1) is 9.53 Å². The summed E-state index contributed by atoms with van der Waals surface area (Å²) in [5, 5.41) is 10.9. The number of alkyl halides is 4. The molecule has 0 unspecified atom stereocenters. The Bertz CT molecular complexity index is 1040. The lowest BCUT2D eigenvalue weighted by Gasteiger charge is -2.67. The summed E-state index contributed by atoms with van der Waals surface area (Å²) in [6, 6.07) is -1.03. The highest BCUT2D eigenvalue weighted by atomic mass is 127. The molecule has 4 aliphatic carbocycles. The minimum Gasteiger partial charge on any atom is -0.449 e. The predicted molar refractivity (Wildman–Crippen MR) is 134 cm³/mol. The van der Waals surface area contributed by atoms with Gasteiger partial charge in [-0.2, -0.15) is 0 Å². The molecule has 0 radical (unpaired) electrons. The smallest absolute Gasteiger partial charge is 0.306 e. The van der Waals surface area contributed by atoms with Crippen LogP contribution in [-0.2, 0) is 19.1 Å². The Morgan fingerprint density at radius 2 is 1.97 bits per heavy atom. The van der Waals surface area contributed by atoms with Crippen LogP contribution < -0.4 is 0 Å². The Morgan fingerprint density at radius 3 is 2.57 bits per heavy atom. The van der Waals surface area contributed by atoms with Crippen LogP contribution in [0, 0.1) is 22.7 Å². The molecule has 0 amide bonds. The Balaban J connectivity index is 1.93. The van der Waals surface area contributed by atoms with Crippen LogP contribution in [0.15, 0.2) is 23.8 Å². The normalized spacial score (nSPS) is 48.5. The number of ketones is 1. The molecule has 1 N–H and O–H groups in total. The van der Waals surface area contributed by atoms with Crippen molar-refractivity contribution < 1.29 is 37.4 Å². The molecule has 0 spiro atoms. The van der Waals surface area contributed by atoms with Crippen LogP contribution in [0.1, 0.15) is 53.4 Å². The SMILES string of the molecule is CCC(=O)O[C@]1(C(=O)SCF)[C@H](C)C[C@@H]2[C@]1(C)C[C@H](O)[C@]1(F)[C@@]3(C)C=CC(=O)C=C3[C@@H](F)C[C@@]21I. The molecule has 4 rings (SSSR count). The van der Waals surface area contributed by atoms with E-state index in [4.69, 9.17) is 4.74 Å². The van der Waals surface area contributed by atoms with E-state index in [0.717, 1.165) is 6.08 Å². The largest absolute Gasteiger partial charge is 0.449 e. The second kappa shape index (κ2) is 8.58. The fourth-order valence-corrected chi connectivity index (χ4v) is 10.7. The number of esters is 1. The monoisotopic (exact) mass is 626 g/mol. The van der Waals surface area contributed by atoms with Gasteiger partial charge in [0.25, 0.3) is 0 Å². The lowest BCUT2D eigenvalue weighted by molar-refractivity contribution is -0.216. The van der Waals surface area contributed by atoms with Gasteiger partial charge in [0.15, 0.2) is 17.1 Å².